The molecule has 0 aromatic carbocycles. The van der Waals surface area contributed by atoms with E-state index in [2.05, 4.69) is 17.3 Å². The summed E-state index contributed by atoms with van der Waals surface area (Å²) in [7, 11) is 2.24. The molecule has 0 saturated carbocycles. The summed E-state index contributed by atoms with van der Waals surface area (Å²) in [6.07, 6.45) is 7.10. The monoisotopic (exact) mass is 226 g/mol. The summed E-state index contributed by atoms with van der Waals surface area (Å²) in [6, 6.07) is 0. The van der Waals surface area contributed by atoms with E-state index in [1.807, 2.05) is 0 Å². The van der Waals surface area contributed by atoms with Gasteiger partial charge in [-0.15, -0.1) is 0 Å². The predicted octanol–water partition coefficient (Wildman–Crippen LogP) is 1.49. The van der Waals surface area contributed by atoms with Crippen molar-refractivity contribution in [2.24, 2.45) is 5.92 Å². The standard InChI is InChI=1S/C13H26N2O/c1-15(10-12-5-4-7-14-9-12)11-13-6-2-3-8-16-13/h12-14H,2-11H2,1H3. The second-order valence-electron chi connectivity index (χ2n) is 5.42. The normalized spacial score (nSPS) is 31.9. The fraction of sp³-hybridized carbons (Fsp3) is 1.00. The lowest BCUT2D eigenvalue weighted by atomic mass is 9.99. The Morgan fingerprint density at radius 1 is 1.19 bits per heavy atom. The Balaban J connectivity index is 1.64. The van der Waals surface area contributed by atoms with Gasteiger partial charge in [-0.05, 0) is 58.2 Å². The van der Waals surface area contributed by atoms with Gasteiger partial charge < -0.3 is 15.0 Å². The molecule has 0 spiro atoms. The van der Waals surface area contributed by atoms with Gasteiger partial charge in [0.25, 0.3) is 0 Å². The number of nitrogens with one attached hydrogen (secondary N) is 1. The number of hydrogen-bond donors (Lipinski definition) is 1. The first-order valence-electron chi connectivity index (χ1n) is 6.85. The molecule has 2 aliphatic heterocycles. The summed E-state index contributed by atoms with van der Waals surface area (Å²) in [5, 5.41) is 3.49. The average Bonchev–Trinajstić information content (AvgIpc) is 2.31. The van der Waals surface area contributed by atoms with Crippen LogP contribution in [0.15, 0.2) is 0 Å². The number of ether oxygens (including phenoxy) is 1. The van der Waals surface area contributed by atoms with Crippen LogP contribution in [0.4, 0.5) is 0 Å². The quantitative estimate of drug-likeness (QED) is 0.786. The van der Waals surface area contributed by atoms with E-state index in [9.17, 15) is 0 Å². The first kappa shape index (κ1) is 12.3. The van der Waals surface area contributed by atoms with Crippen LogP contribution < -0.4 is 5.32 Å². The topological polar surface area (TPSA) is 24.5 Å². The van der Waals surface area contributed by atoms with E-state index in [1.165, 1.54) is 51.7 Å². The smallest absolute Gasteiger partial charge is 0.0701 e. The fourth-order valence-electron chi connectivity index (χ4n) is 2.89. The van der Waals surface area contributed by atoms with Gasteiger partial charge in [0, 0.05) is 19.7 Å². The van der Waals surface area contributed by atoms with Crippen LogP contribution in [-0.2, 0) is 4.74 Å². The molecule has 2 aliphatic rings. The second-order valence-corrected chi connectivity index (χ2v) is 5.42. The molecule has 2 rings (SSSR count). The number of likely N-dealkylation sites (N-methyl/N-ethyl adjacent to an activating group) is 1. The Morgan fingerprint density at radius 2 is 2.12 bits per heavy atom. The Bertz CT molecular complexity index is 166. The minimum Gasteiger partial charge on any atom is -0.377 e. The van der Waals surface area contributed by atoms with Gasteiger partial charge in [-0.25, -0.2) is 0 Å². The molecular weight excluding hydrogens is 200 g/mol. The van der Waals surface area contributed by atoms with Crippen LogP contribution in [0.5, 0.6) is 0 Å². The predicted molar refractivity (Wildman–Crippen MR) is 66.7 cm³/mol. The maximum absolute atomic E-state index is 5.78. The zero-order valence-electron chi connectivity index (χ0n) is 10.6. The summed E-state index contributed by atoms with van der Waals surface area (Å²) in [5.41, 5.74) is 0. The molecule has 0 aromatic heterocycles. The lowest BCUT2D eigenvalue weighted by Gasteiger charge is -2.31. The molecule has 0 amide bonds. The van der Waals surface area contributed by atoms with Crippen LogP contribution >= 0.6 is 0 Å². The number of nitrogens with zero attached hydrogens (tertiary/aromatic N) is 1. The molecule has 3 nitrogen and oxygen atoms in total. The summed E-state index contributed by atoms with van der Waals surface area (Å²) in [4.78, 5) is 2.47. The molecule has 2 saturated heterocycles. The summed E-state index contributed by atoms with van der Waals surface area (Å²) in [6.45, 7) is 5.74. The summed E-state index contributed by atoms with van der Waals surface area (Å²) < 4.78 is 5.78. The summed E-state index contributed by atoms with van der Waals surface area (Å²) >= 11 is 0. The number of piperidine rings is 1. The van der Waals surface area contributed by atoms with Gasteiger partial charge in [-0.1, -0.05) is 0 Å². The van der Waals surface area contributed by atoms with Crippen LogP contribution in [0.25, 0.3) is 0 Å². The van der Waals surface area contributed by atoms with E-state index in [4.69, 9.17) is 4.74 Å². The third-order valence-electron chi connectivity index (χ3n) is 3.76. The van der Waals surface area contributed by atoms with Gasteiger partial charge in [-0.3, -0.25) is 0 Å². The van der Waals surface area contributed by atoms with E-state index >= 15 is 0 Å². The minimum atomic E-state index is 0.496. The van der Waals surface area contributed by atoms with Crippen LogP contribution in [0.3, 0.4) is 0 Å². The van der Waals surface area contributed by atoms with E-state index in [-0.39, 0.29) is 0 Å². The largest absolute Gasteiger partial charge is 0.377 e. The first-order chi connectivity index (χ1) is 7.84. The van der Waals surface area contributed by atoms with Crippen molar-refractivity contribution in [3.63, 3.8) is 0 Å². The Hall–Kier alpha value is -0.120. The molecule has 2 fully saturated rings. The number of hydrogen-bond acceptors (Lipinski definition) is 3. The lowest BCUT2D eigenvalue weighted by Crippen LogP contribution is -2.40. The van der Waals surface area contributed by atoms with E-state index in [0.717, 1.165) is 19.1 Å². The maximum Gasteiger partial charge on any atom is 0.0701 e. The highest BCUT2D eigenvalue weighted by Crippen LogP contribution is 2.15. The van der Waals surface area contributed by atoms with Gasteiger partial charge in [-0.2, -0.15) is 0 Å². The molecule has 0 radical (unpaired) electrons. The molecule has 1 N–H and O–H groups in total. The van der Waals surface area contributed by atoms with Crippen LogP contribution in [0.1, 0.15) is 32.1 Å². The molecule has 0 aromatic rings. The highest BCUT2D eigenvalue weighted by atomic mass is 16.5. The molecule has 0 bridgehead atoms. The first-order valence-corrected chi connectivity index (χ1v) is 6.85. The third kappa shape index (κ3) is 4.04. The van der Waals surface area contributed by atoms with E-state index < -0.39 is 0 Å². The minimum absolute atomic E-state index is 0.496. The lowest BCUT2D eigenvalue weighted by molar-refractivity contribution is -0.00390. The molecule has 16 heavy (non-hydrogen) atoms. The van der Waals surface area contributed by atoms with E-state index in [0.29, 0.717) is 6.10 Å². The van der Waals surface area contributed by atoms with Crippen molar-refractivity contribution in [3.8, 4) is 0 Å². The highest BCUT2D eigenvalue weighted by molar-refractivity contribution is 4.74. The molecule has 2 unspecified atom stereocenters. The molecule has 94 valence electrons. The Labute approximate surface area is 99.5 Å². The SMILES string of the molecule is CN(CC1CCCNC1)CC1CCCCO1. The zero-order chi connectivity index (χ0) is 11.2. The third-order valence-corrected chi connectivity index (χ3v) is 3.76. The van der Waals surface area contributed by atoms with Gasteiger partial charge in [0.2, 0.25) is 0 Å². The van der Waals surface area contributed by atoms with Crippen molar-refractivity contribution in [2.45, 2.75) is 38.2 Å². The van der Waals surface area contributed by atoms with Crippen LogP contribution in [0, 0.1) is 5.92 Å². The van der Waals surface area contributed by atoms with Crippen LogP contribution in [0.2, 0.25) is 0 Å². The van der Waals surface area contributed by atoms with E-state index in [1.54, 1.807) is 0 Å². The van der Waals surface area contributed by atoms with Crippen molar-refractivity contribution in [1.82, 2.24) is 10.2 Å². The second kappa shape index (κ2) is 6.58. The van der Waals surface area contributed by atoms with Crippen molar-refractivity contribution in [1.29, 1.82) is 0 Å². The molecule has 3 heteroatoms. The fourth-order valence-corrected chi connectivity index (χ4v) is 2.89. The van der Waals surface area contributed by atoms with Crippen molar-refractivity contribution >= 4 is 0 Å². The van der Waals surface area contributed by atoms with Crippen LogP contribution in [-0.4, -0.2) is 50.8 Å². The van der Waals surface area contributed by atoms with Gasteiger partial charge in [0.15, 0.2) is 0 Å². The molecule has 2 heterocycles. The highest BCUT2D eigenvalue weighted by Gasteiger charge is 2.19. The van der Waals surface area contributed by atoms with Gasteiger partial charge in [0.05, 0.1) is 6.10 Å². The van der Waals surface area contributed by atoms with Gasteiger partial charge in [0.1, 0.15) is 0 Å². The molecule has 0 aliphatic carbocycles. The Morgan fingerprint density at radius 3 is 2.81 bits per heavy atom. The van der Waals surface area contributed by atoms with Gasteiger partial charge >= 0.3 is 0 Å². The summed E-state index contributed by atoms with van der Waals surface area (Å²) in [5.74, 6) is 0.849. The average molecular weight is 226 g/mol. The zero-order valence-corrected chi connectivity index (χ0v) is 10.6. The maximum atomic E-state index is 5.78. The Kier molecular flexibility index (Phi) is 5.07. The molecular formula is C13H26N2O. The number of rotatable bonds is 4. The van der Waals surface area contributed by atoms with Crippen molar-refractivity contribution < 1.29 is 4.74 Å². The van der Waals surface area contributed by atoms with Crippen molar-refractivity contribution in [2.75, 3.05) is 39.8 Å². The van der Waals surface area contributed by atoms with Crippen molar-refractivity contribution in [3.05, 3.63) is 0 Å². The molecule has 2 atom stereocenters.